The highest BCUT2D eigenvalue weighted by Crippen LogP contribution is 2.15. The van der Waals surface area contributed by atoms with E-state index in [1.54, 1.807) is 6.07 Å². The lowest BCUT2D eigenvalue weighted by atomic mass is 10.2. The van der Waals surface area contributed by atoms with Gasteiger partial charge in [-0.3, -0.25) is 9.36 Å². The van der Waals surface area contributed by atoms with Crippen molar-refractivity contribution in [2.75, 3.05) is 0 Å². The zero-order valence-electron chi connectivity index (χ0n) is 14.8. The van der Waals surface area contributed by atoms with Gasteiger partial charge >= 0.3 is 17.6 Å². The third-order valence-corrected chi connectivity index (χ3v) is 4.68. The molecule has 4 aromatic rings. The molecule has 2 aromatic heterocycles. The van der Waals surface area contributed by atoms with Gasteiger partial charge in [-0.05, 0) is 42.3 Å². The van der Waals surface area contributed by atoms with E-state index >= 15 is 0 Å². The molecule has 0 radical (unpaired) electrons. The number of carbonyl (C=O) groups is 1. The summed E-state index contributed by atoms with van der Waals surface area (Å²) in [5.74, 6) is -0.960. The van der Waals surface area contributed by atoms with Crippen molar-refractivity contribution in [1.82, 2.24) is 20.0 Å². The van der Waals surface area contributed by atoms with Gasteiger partial charge in [0.25, 0.3) is 0 Å². The quantitative estimate of drug-likeness (QED) is 0.509. The molecule has 28 heavy (non-hydrogen) atoms. The molecule has 0 aliphatic rings. The van der Waals surface area contributed by atoms with Crippen molar-refractivity contribution in [3.63, 3.8) is 0 Å². The first-order valence-corrected chi connectivity index (χ1v) is 9.24. The van der Waals surface area contributed by atoms with E-state index in [0.717, 1.165) is 15.6 Å². The van der Waals surface area contributed by atoms with E-state index in [9.17, 15) is 9.59 Å². The van der Waals surface area contributed by atoms with Gasteiger partial charge in [-0.25, -0.2) is 4.79 Å². The number of fused-ring (bicyclic) bond motifs is 1. The number of hydrogen-bond donors (Lipinski definition) is 1. The zero-order chi connectivity index (χ0) is 19.7. The summed E-state index contributed by atoms with van der Waals surface area (Å²) in [5.41, 5.74) is 3.04. The Labute approximate surface area is 167 Å². The smallest absolute Gasteiger partial charge is 0.408 e. The van der Waals surface area contributed by atoms with Gasteiger partial charge in [0, 0.05) is 11.0 Å². The van der Waals surface area contributed by atoms with Crippen LogP contribution in [-0.4, -0.2) is 20.6 Å². The van der Waals surface area contributed by atoms with Gasteiger partial charge in [-0.1, -0.05) is 39.3 Å². The second-order valence-electron chi connectivity index (χ2n) is 6.25. The second kappa shape index (κ2) is 7.43. The summed E-state index contributed by atoms with van der Waals surface area (Å²) in [7, 11) is 0. The number of carbonyl (C=O) groups excluding carboxylic acids is 1. The summed E-state index contributed by atoms with van der Waals surface area (Å²) >= 11 is 3.36. The van der Waals surface area contributed by atoms with Crippen LogP contribution in [0.2, 0.25) is 0 Å². The third-order valence-electron chi connectivity index (χ3n) is 4.15. The van der Waals surface area contributed by atoms with E-state index in [1.165, 1.54) is 4.57 Å². The molecule has 0 saturated heterocycles. The van der Waals surface area contributed by atoms with Crippen molar-refractivity contribution >= 4 is 32.9 Å². The topological polar surface area (TPSA) is 103 Å². The number of oxazole rings is 1. The maximum Gasteiger partial charge on any atom is 0.420 e. The standard InChI is InChI=1S/C19H15BrN4O4/c1-11-2-7-15-14(8-11)24(19(26)27-15)10-16-22-18(28-23-16)17(25)21-9-12-3-5-13(20)6-4-12/h2-8H,9-10H2,1H3,(H,21,25). The average Bonchev–Trinajstić information content (AvgIpc) is 3.27. The van der Waals surface area contributed by atoms with E-state index in [2.05, 4.69) is 31.4 Å². The van der Waals surface area contributed by atoms with Gasteiger partial charge < -0.3 is 14.3 Å². The molecule has 2 heterocycles. The molecule has 0 aliphatic heterocycles. The van der Waals surface area contributed by atoms with Crippen molar-refractivity contribution in [3.05, 3.63) is 80.3 Å². The predicted octanol–water partition coefficient (Wildman–Crippen LogP) is 3.03. The molecular weight excluding hydrogens is 428 g/mol. The fourth-order valence-corrected chi connectivity index (χ4v) is 3.00. The molecule has 0 saturated carbocycles. The van der Waals surface area contributed by atoms with E-state index in [-0.39, 0.29) is 18.3 Å². The normalized spacial score (nSPS) is 11.1. The minimum absolute atomic E-state index is 0.0405. The zero-order valence-corrected chi connectivity index (χ0v) is 16.4. The van der Waals surface area contributed by atoms with Gasteiger partial charge in [0.1, 0.15) is 0 Å². The number of benzene rings is 2. The van der Waals surface area contributed by atoms with Crippen molar-refractivity contribution in [2.45, 2.75) is 20.0 Å². The van der Waals surface area contributed by atoms with E-state index in [0.29, 0.717) is 17.6 Å². The SMILES string of the molecule is Cc1ccc2oc(=O)n(Cc3noc(C(=O)NCc4ccc(Br)cc4)n3)c2c1. The molecule has 142 valence electrons. The molecule has 9 heteroatoms. The Hall–Kier alpha value is -3.20. The van der Waals surface area contributed by atoms with Gasteiger partial charge in [-0.2, -0.15) is 4.98 Å². The van der Waals surface area contributed by atoms with Crippen molar-refractivity contribution in [1.29, 1.82) is 0 Å². The monoisotopic (exact) mass is 442 g/mol. The van der Waals surface area contributed by atoms with Crippen LogP contribution in [0.15, 0.2) is 60.7 Å². The Balaban J connectivity index is 1.48. The maximum absolute atomic E-state index is 12.2. The molecule has 8 nitrogen and oxygen atoms in total. The van der Waals surface area contributed by atoms with Crippen molar-refractivity contribution in [3.8, 4) is 0 Å². The van der Waals surface area contributed by atoms with E-state index in [4.69, 9.17) is 8.94 Å². The Bertz CT molecular complexity index is 1210. The Morgan fingerprint density at radius 3 is 2.79 bits per heavy atom. The van der Waals surface area contributed by atoms with Crippen LogP contribution in [0.4, 0.5) is 0 Å². The van der Waals surface area contributed by atoms with Crippen molar-refractivity contribution in [2.24, 2.45) is 0 Å². The number of aromatic nitrogens is 3. The van der Waals surface area contributed by atoms with Crippen LogP contribution < -0.4 is 11.1 Å². The second-order valence-corrected chi connectivity index (χ2v) is 7.17. The highest BCUT2D eigenvalue weighted by Gasteiger charge is 2.17. The first-order valence-electron chi connectivity index (χ1n) is 8.45. The third kappa shape index (κ3) is 3.74. The highest BCUT2D eigenvalue weighted by atomic mass is 79.9. The fraction of sp³-hybridized carbons (Fsp3) is 0.158. The summed E-state index contributed by atoms with van der Waals surface area (Å²) in [6.45, 7) is 2.29. The Kier molecular flexibility index (Phi) is 4.82. The largest absolute Gasteiger partial charge is 0.420 e. The summed E-state index contributed by atoms with van der Waals surface area (Å²) in [5, 5.41) is 6.51. The summed E-state index contributed by atoms with van der Waals surface area (Å²) in [6.07, 6.45) is 0. The van der Waals surface area contributed by atoms with Gasteiger partial charge in [0.15, 0.2) is 11.4 Å². The lowest BCUT2D eigenvalue weighted by Gasteiger charge is -2.02. The number of nitrogens with one attached hydrogen (secondary N) is 1. The molecule has 2 aromatic carbocycles. The van der Waals surface area contributed by atoms with Crippen LogP contribution in [-0.2, 0) is 13.1 Å². The number of aryl methyl sites for hydroxylation is 1. The molecule has 0 atom stereocenters. The Morgan fingerprint density at radius 1 is 1.21 bits per heavy atom. The number of halogens is 1. The number of rotatable bonds is 5. The molecule has 0 bridgehead atoms. The van der Waals surface area contributed by atoms with Crippen LogP contribution in [0, 0.1) is 6.92 Å². The van der Waals surface area contributed by atoms with Crippen molar-refractivity contribution < 1.29 is 13.7 Å². The lowest BCUT2D eigenvalue weighted by molar-refractivity contribution is 0.0907. The highest BCUT2D eigenvalue weighted by molar-refractivity contribution is 9.10. The lowest BCUT2D eigenvalue weighted by Crippen LogP contribution is -2.23. The van der Waals surface area contributed by atoms with Gasteiger partial charge in [0.2, 0.25) is 0 Å². The van der Waals surface area contributed by atoms with Crippen LogP contribution in [0.25, 0.3) is 11.1 Å². The molecular formula is C19H15BrN4O4. The number of hydrogen-bond acceptors (Lipinski definition) is 6. The van der Waals surface area contributed by atoms with E-state index in [1.807, 2.05) is 43.3 Å². The molecule has 1 amide bonds. The molecule has 1 N–H and O–H groups in total. The van der Waals surface area contributed by atoms with Gasteiger partial charge in [0.05, 0.1) is 12.1 Å². The Morgan fingerprint density at radius 2 is 2.00 bits per heavy atom. The predicted molar refractivity (Wildman–Crippen MR) is 104 cm³/mol. The minimum atomic E-state index is -0.522. The summed E-state index contributed by atoms with van der Waals surface area (Å²) < 4.78 is 12.6. The molecule has 0 spiro atoms. The molecule has 4 rings (SSSR count). The first-order chi connectivity index (χ1) is 13.5. The summed E-state index contributed by atoms with van der Waals surface area (Å²) in [4.78, 5) is 28.4. The van der Waals surface area contributed by atoms with Crippen LogP contribution >= 0.6 is 15.9 Å². The average molecular weight is 443 g/mol. The van der Waals surface area contributed by atoms with Crippen LogP contribution in [0.3, 0.4) is 0 Å². The number of nitrogens with zero attached hydrogens (tertiary/aromatic N) is 3. The van der Waals surface area contributed by atoms with Crippen LogP contribution in [0.5, 0.6) is 0 Å². The fourth-order valence-electron chi connectivity index (χ4n) is 2.73. The molecule has 0 unspecified atom stereocenters. The maximum atomic E-state index is 12.2. The van der Waals surface area contributed by atoms with Gasteiger partial charge in [-0.15, -0.1) is 0 Å². The van der Waals surface area contributed by atoms with E-state index < -0.39 is 11.7 Å². The first kappa shape index (κ1) is 18.2. The minimum Gasteiger partial charge on any atom is -0.408 e. The van der Waals surface area contributed by atoms with Crippen LogP contribution in [0.1, 0.15) is 27.6 Å². The molecule has 0 aliphatic carbocycles. The number of amides is 1. The summed E-state index contributed by atoms with van der Waals surface area (Å²) in [6, 6.07) is 13.0. The molecule has 0 fully saturated rings.